The van der Waals surface area contributed by atoms with Crippen molar-refractivity contribution >= 4 is 5.88 Å². The molecule has 94 valence electrons. The van der Waals surface area contributed by atoms with E-state index in [9.17, 15) is 0 Å². The maximum Gasteiger partial charge on any atom is 0.222 e. The number of nitrogens with two attached hydrogens (primary N) is 1. The molecule has 3 N–H and O–H groups in total. The van der Waals surface area contributed by atoms with Crippen LogP contribution in [0, 0.1) is 0 Å². The first kappa shape index (κ1) is 11.3. The standard InChI is InChI=1S/C14H17N3O/c15-14-9-13(17-18-14)12-3-1-10(2-4-12)11-5-7-16-8-6-11/h1-4,9,11,16H,5-8,15H2. The molecule has 0 unspecified atom stereocenters. The average molecular weight is 243 g/mol. The van der Waals surface area contributed by atoms with Crippen LogP contribution < -0.4 is 11.1 Å². The van der Waals surface area contributed by atoms with Crippen molar-refractivity contribution in [3.05, 3.63) is 35.9 Å². The van der Waals surface area contributed by atoms with Crippen molar-refractivity contribution in [1.82, 2.24) is 10.5 Å². The van der Waals surface area contributed by atoms with Crippen LogP contribution in [0.15, 0.2) is 34.9 Å². The van der Waals surface area contributed by atoms with E-state index in [1.165, 1.54) is 18.4 Å². The summed E-state index contributed by atoms with van der Waals surface area (Å²) in [6.07, 6.45) is 2.44. The van der Waals surface area contributed by atoms with E-state index < -0.39 is 0 Å². The first-order valence-electron chi connectivity index (χ1n) is 6.36. The summed E-state index contributed by atoms with van der Waals surface area (Å²) < 4.78 is 4.88. The van der Waals surface area contributed by atoms with Crippen molar-refractivity contribution in [1.29, 1.82) is 0 Å². The number of hydrogen-bond acceptors (Lipinski definition) is 4. The zero-order valence-corrected chi connectivity index (χ0v) is 10.2. The molecular weight excluding hydrogens is 226 g/mol. The number of anilines is 1. The second kappa shape index (κ2) is 4.82. The first-order valence-corrected chi connectivity index (χ1v) is 6.36. The maximum atomic E-state index is 5.53. The maximum absolute atomic E-state index is 5.53. The molecule has 1 aromatic heterocycles. The van der Waals surface area contributed by atoms with Gasteiger partial charge in [-0.25, -0.2) is 0 Å². The number of benzene rings is 1. The molecule has 0 spiro atoms. The van der Waals surface area contributed by atoms with Gasteiger partial charge in [-0.2, -0.15) is 0 Å². The van der Waals surface area contributed by atoms with E-state index >= 15 is 0 Å². The molecule has 4 heteroatoms. The van der Waals surface area contributed by atoms with Crippen molar-refractivity contribution in [2.24, 2.45) is 0 Å². The van der Waals surface area contributed by atoms with Gasteiger partial charge in [0, 0.05) is 11.6 Å². The van der Waals surface area contributed by atoms with E-state index in [2.05, 4.69) is 34.7 Å². The number of nitrogens with zero attached hydrogens (tertiary/aromatic N) is 1. The van der Waals surface area contributed by atoms with E-state index in [1.54, 1.807) is 6.07 Å². The van der Waals surface area contributed by atoms with Gasteiger partial charge in [0.15, 0.2) is 0 Å². The summed E-state index contributed by atoms with van der Waals surface area (Å²) in [6, 6.07) is 10.3. The van der Waals surface area contributed by atoms with Crippen molar-refractivity contribution < 1.29 is 4.52 Å². The van der Waals surface area contributed by atoms with Crippen LogP contribution in [0.1, 0.15) is 24.3 Å². The molecule has 18 heavy (non-hydrogen) atoms. The Morgan fingerprint density at radius 2 is 1.89 bits per heavy atom. The van der Waals surface area contributed by atoms with Gasteiger partial charge in [-0.15, -0.1) is 0 Å². The monoisotopic (exact) mass is 243 g/mol. The Hall–Kier alpha value is -1.81. The predicted molar refractivity (Wildman–Crippen MR) is 71.2 cm³/mol. The Morgan fingerprint density at radius 1 is 1.17 bits per heavy atom. The zero-order chi connectivity index (χ0) is 12.4. The summed E-state index contributed by atoms with van der Waals surface area (Å²) in [5, 5.41) is 7.31. The number of nitrogens with one attached hydrogen (secondary N) is 1. The minimum atomic E-state index is 0.354. The summed E-state index contributed by atoms with van der Waals surface area (Å²) in [5.74, 6) is 1.04. The number of aromatic nitrogens is 1. The van der Waals surface area contributed by atoms with Crippen LogP contribution in [0.2, 0.25) is 0 Å². The fourth-order valence-corrected chi connectivity index (χ4v) is 2.51. The summed E-state index contributed by atoms with van der Waals surface area (Å²) in [5.41, 5.74) is 8.79. The Kier molecular flexibility index (Phi) is 3.02. The van der Waals surface area contributed by atoms with Gasteiger partial charge in [-0.05, 0) is 37.4 Å². The van der Waals surface area contributed by atoms with Gasteiger partial charge in [-0.3, -0.25) is 0 Å². The summed E-state index contributed by atoms with van der Waals surface area (Å²) in [6.45, 7) is 2.23. The smallest absolute Gasteiger partial charge is 0.222 e. The lowest BCUT2D eigenvalue weighted by Crippen LogP contribution is -2.26. The number of rotatable bonds is 2. The fraction of sp³-hybridized carbons (Fsp3) is 0.357. The topological polar surface area (TPSA) is 64.1 Å². The van der Waals surface area contributed by atoms with Crippen molar-refractivity contribution in [3.8, 4) is 11.3 Å². The minimum absolute atomic E-state index is 0.354. The largest absolute Gasteiger partial charge is 0.368 e. The van der Waals surface area contributed by atoms with Gasteiger partial charge in [0.2, 0.25) is 5.88 Å². The molecule has 1 fully saturated rings. The number of piperidine rings is 1. The molecular formula is C14H17N3O. The Balaban J connectivity index is 1.80. The molecule has 1 aliphatic rings. The third-order valence-electron chi connectivity index (χ3n) is 3.55. The molecule has 0 radical (unpaired) electrons. The first-order chi connectivity index (χ1) is 8.83. The van der Waals surface area contributed by atoms with Crippen LogP contribution in [-0.2, 0) is 0 Å². The second-order valence-electron chi connectivity index (χ2n) is 4.76. The molecule has 1 saturated heterocycles. The molecule has 0 amide bonds. The lowest BCUT2D eigenvalue weighted by molar-refractivity contribution is 0.439. The highest BCUT2D eigenvalue weighted by atomic mass is 16.5. The minimum Gasteiger partial charge on any atom is -0.368 e. The Bertz CT molecular complexity index is 512. The van der Waals surface area contributed by atoms with Crippen LogP contribution in [0.3, 0.4) is 0 Å². The third-order valence-corrected chi connectivity index (χ3v) is 3.55. The van der Waals surface area contributed by atoms with Gasteiger partial charge in [0.05, 0.1) is 0 Å². The average Bonchev–Trinajstić information content (AvgIpc) is 2.87. The lowest BCUT2D eigenvalue weighted by atomic mass is 9.89. The normalized spacial score (nSPS) is 16.9. The molecule has 0 bridgehead atoms. The molecule has 3 rings (SSSR count). The summed E-state index contributed by atoms with van der Waals surface area (Å²) in [4.78, 5) is 0. The molecule has 0 atom stereocenters. The molecule has 4 nitrogen and oxygen atoms in total. The predicted octanol–water partition coefficient (Wildman–Crippen LogP) is 2.39. The Morgan fingerprint density at radius 3 is 2.50 bits per heavy atom. The van der Waals surface area contributed by atoms with Gasteiger partial charge < -0.3 is 15.6 Å². The van der Waals surface area contributed by atoms with Crippen molar-refractivity contribution in [2.45, 2.75) is 18.8 Å². The summed E-state index contributed by atoms with van der Waals surface area (Å²) in [7, 11) is 0. The molecule has 2 aromatic rings. The van der Waals surface area contributed by atoms with E-state index in [0.29, 0.717) is 11.8 Å². The number of hydrogen-bond donors (Lipinski definition) is 2. The van der Waals surface area contributed by atoms with Crippen LogP contribution in [0.25, 0.3) is 11.3 Å². The van der Waals surface area contributed by atoms with Gasteiger partial charge in [0.1, 0.15) is 5.69 Å². The van der Waals surface area contributed by atoms with Crippen LogP contribution in [0.4, 0.5) is 5.88 Å². The van der Waals surface area contributed by atoms with Crippen molar-refractivity contribution in [3.63, 3.8) is 0 Å². The second-order valence-corrected chi connectivity index (χ2v) is 4.76. The van der Waals surface area contributed by atoms with E-state index in [-0.39, 0.29) is 0 Å². The molecule has 0 aliphatic carbocycles. The zero-order valence-electron chi connectivity index (χ0n) is 10.2. The summed E-state index contributed by atoms with van der Waals surface area (Å²) >= 11 is 0. The molecule has 2 heterocycles. The highest BCUT2D eigenvalue weighted by Gasteiger charge is 2.15. The van der Waals surface area contributed by atoms with E-state index in [4.69, 9.17) is 10.3 Å². The number of nitrogen functional groups attached to an aromatic ring is 1. The van der Waals surface area contributed by atoms with Gasteiger partial charge >= 0.3 is 0 Å². The molecule has 1 aliphatic heterocycles. The highest BCUT2D eigenvalue weighted by molar-refractivity contribution is 5.61. The van der Waals surface area contributed by atoms with Crippen LogP contribution >= 0.6 is 0 Å². The SMILES string of the molecule is Nc1cc(-c2ccc(C3CCNCC3)cc2)no1. The highest BCUT2D eigenvalue weighted by Crippen LogP contribution is 2.27. The van der Waals surface area contributed by atoms with Gasteiger partial charge in [0.25, 0.3) is 0 Å². The third kappa shape index (κ3) is 2.24. The Labute approximate surface area is 106 Å². The van der Waals surface area contributed by atoms with E-state index in [1.807, 2.05) is 0 Å². The molecule has 0 saturated carbocycles. The van der Waals surface area contributed by atoms with Crippen LogP contribution in [0.5, 0.6) is 0 Å². The quantitative estimate of drug-likeness (QED) is 0.850. The van der Waals surface area contributed by atoms with Gasteiger partial charge in [-0.1, -0.05) is 29.4 Å². The van der Waals surface area contributed by atoms with E-state index in [0.717, 1.165) is 24.3 Å². The lowest BCUT2D eigenvalue weighted by Gasteiger charge is -2.23. The van der Waals surface area contributed by atoms with Crippen LogP contribution in [-0.4, -0.2) is 18.2 Å². The molecule has 1 aromatic carbocycles. The fourth-order valence-electron chi connectivity index (χ4n) is 2.51. The van der Waals surface area contributed by atoms with Crippen molar-refractivity contribution in [2.75, 3.05) is 18.8 Å².